The molecule has 0 fully saturated rings. The number of benzene rings is 1. The lowest BCUT2D eigenvalue weighted by Crippen LogP contribution is -2.17. The van der Waals surface area contributed by atoms with Gasteiger partial charge in [0.15, 0.2) is 5.82 Å². The van der Waals surface area contributed by atoms with E-state index in [1.165, 1.54) is 0 Å². The molecular formula is C17H22N6O. The Balaban J connectivity index is 1.88. The molecule has 0 aliphatic carbocycles. The van der Waals surface area contributed by atoms with E-state index in [-0.39, 0.29) is 0 Å². The third-order valence-electron chi connectivity index (χ3n) is 3.96. The lowest BCUT2D eigenvalue weighted by molar-refractivity contribution is 0.416. The van der Waals surface area contributed by atoms with Crippen molar-refractivity contribution in [1.82, 2.24) is 20.1 Å². The summed E-state index contributed by atoms with van der Waals surface area (Å²) in [5.74, 6) is 2.36. The zero-order chi connectivity index (χ0) is 16.9. The third kappa shape index (κ3) is 3.24. The molecule has 2 aromatic rings. The summed E-state index contributed by atoms with van der Waals surface area (Å²) in [5.41, 5.74) is 2.76. The molecule has 7 heteroatoms. The van der Waals surface area contributed by atoms with Gasteiger partial charge < -0.3 is 15.4 Å². The molecule has 0 saturated carbocycles. The molecule has 1 aromatic heterocycles. The van der Waals surface area contributed by atoms with Crippen LogP contribution in [0.4, 0.5) is 11.6 Å². The van der Waals surface area contributed by atoms with Crippen LogP contribution in [0.1, 0.15) is 20.3 Å². The fourth-order valence-corrected chi connectivity index (χ4v) is 2.51. The number of aromatic nitrogens is 3. The lowest BCUT2D eigenvalue weighted by Gasteiger charge is -2.16. The molecule has 24 heavy (non-hydrogen) atoms. The van der Waals surface area contributed by atoms with Crippen LogP contribution in [0.3, 0.4) is 0 Å². The van der Waals surface area contributed by atoms with Crippen molar-refractivity contribution >= 4 is 18.0 Å². The van der Waals surface area contributed by atoms with Crippen LogP contribution in [0.25, 0.3) is 11.4 Å². The van der Waals surface area contributed by atoms with Crippen molar-refractivity contribution in [2.24, 2.45) is 4.99 Å². The lowest BCUT2D eigenvalue weighted by atomic mass is 10.1. The molecule has 0 saturated heterocycles. The Labute approximate surface area is 141 Å². The fraction of sp³-hybridized carbons (Fsp3) is 0.353. The number of methoxy groups -OCH3 is 1. The molecule has 2 heterocycles. The minimum atomic E-state index is 0.699. The summed E-state index contributed by atoms with van der Waals surface area (Å²) >= 11 is 0. The summed E-state index contributed by atoms with van der Waals surface area (Å²) in [6, 6.07) is 5.86. The number of ether oxygens (including phenoxy) is 1. The third-order valence-corrected chi connectivity index (χ3v) is 3.96. The molecule has 0 amide bonds. The Morgan fingerprint density at radius 3 is 3.08 bits per heavy atom. The van der Waals surface area contributed by atoms with Gasteiger partial charge in [-0.2, -0.15) is 0 Å². The van der Waals surface area contributed by atoms with Crippen molar-refractivity contribution in [1.29, 1.82) is 0 Å². The van der Waals surface area contributed by atoms with Crippen molar-refractivity contribution in [2.45, 2.75) is 26.8 Å². The van der Waals surface area contributed by atoms with E-state index in [1.807, 2.05) is 38.1 Å². The highest BCUT2D eigenvalue weighted by Gasteiger charge is 2.17. The van der Waals surface area contributed by atoms with E-state index in [9.17, 15) is 0 Å². The Hall–Kier alpha value is -2.83. The number of nitrogens with one attached hydrogen (secondary N) is 2. The molecule has 1 aliphatic rings. The predicted octanol–water partition coefficient (Wildman–Crippen LogP) is 2.94. The molecule has 7 nitrogen and oxygen atoms in total. The van der Waals surface area contributed by atoms with Gasteiger partial charge >= 0.3 is 0 Å². The van der Waals surface area contributed by atoms with E-state index in [4.69, 9.17) is 4.74 Å². The van der Waals surface area contributed by atoms with Crippen molar-refractivity contribution in [3.63, 3.8) is 0 Å². The maximum Gasteiger partial charge on any atom is 0.224 e. The molecule has 0 unspecified atom stereocenters. The number of anilines is 1. The Kier molecular flexibility index (Phi) is 4.79. The number of hydrogen-bond acceptors (Lipinski definition) is 5. The molecule has 126 valence electrons. The average Bonchev–Trinajstić information content (AvgIpc) is 3.05. The Morgan fingerprint density at radius 2 is 2.29 bits per heavy atom. The SMILES string of the molecule is C/C=C(/C)NC=Nc1ccc(-c2nnc3n2CCCN3)cc1OC. The van der Waals surface area contributed by atoms with Crippen molar-refractivity contribution in [2.75, 3.05) is 19.0 Å². The van der Waals surface area contributed by atoms with Gasteiger partial charge in [-0.15, -0.1) is 10.2 Å². The van der Waals surface area contributed by atoms with Crippen molar-refractivity contribution in [3.05, 3.63) is 30.0 Å². The molecular weight excluding hydrogens is 304 g/mol. The van der Waals surface area contributed by atoms with E-state index >= 15 is 0 Å². The van der Waals surface area contributed by atoms with E-state index in [2.05, 4.69) is 30.4 Å². The zero-order valence-electron chi connectivity index (χ0n) is 14.2. The molecule has 0 spiro atoms. The van der Waals surface area contributed by atoms with Crippen LogP contribution in [0.5, 0.6) is 5.75 Å². The van der Waals surface area contributed by atoms with E-state index in [0.29, 0.717) is 5.75 Å². The quantitative estimate of drug-likeness (QED) is 0.652. The summed E-state index contributed by atoms with van der Waals surface area (Å²) in [5, 5.41) is 14.9. The number of hydrogen-bond donors (Lipinski definition) is 2. The fourth-order valence-electron chi connectivity index (χ4n) is 2.51. The summed E-state index contributed by atoms with van der Waals surface area (Å²) in [7, 11) is 1.64. The first-order chi connectivity index (χ1) is 11.7. The van der Waals surface area contributed by atoms with Crippen LogP contribution in [-0.2, 0) is 6.54 Å². The second kappa shape index (κ2) is 7.16. The first kappa shape index (κ1) is 16.0. The zero-order valence-corrected chi connectivity index (χ0v) is 14.2. The van der Waals surface area contributed by atoms with Gasteiger partial charge in [0, 0.05) is 24.4 Å². The van der Waals surface area contributed by atoms with Gasteiger partial charge in [-0.25, -0.2) is 4.99 Å². The van der Waals surface area contributed by atoms with E-state index in [1.54, 1.807) is 13.4 Å². The van der Waals surface area contributed by atoms with Gasteiger partial charge in [0.05, 0.1) is 13.4 Å². The summed E-state index contributed by atoms with van der Waals surface area (Å²) in [6.07, 6.45) is 4.71. The number of rotatable bonds is 5. The maximum absolute atomic E-state index is 5.48. The average molecular weight is 326 g/mol. The van der Waals surface area contributed by atoms with Gasteiger partial charge in [-0.05, 0) is 38.5 Å². The standard InChI is InChI=1S/C17H22N6O/c1-4-12(2)19-11-20-14-7-6-13(10-15(14)24-3)16-21-22-17-18-8-5-9-23(16)17/h4,6-7,10-11H,5,8-9H2,1-3H3,(H,18,22)(H,19,20)/b12-4-. The van der Waals surface area contributed by atoms with Crippen LogP contribution in [0.2, 0.25) is 0 Å². The second-order valence-corrected chi connectivity index (χ2v) is 5.54. The van der Waals surface area contributed by atoms with Crippen molar-refractivity contribution in [3.8, 4) is 17.1 Å². The van der Waals surface area contributed by atoms with Gasteiger partial charge in [-0.1, -0.05) is 6.08 Å². The topological polar surface area (TPSA) is 76.4 Å². The minimum Gasteiger partial charge on any atom is -0.494 e. The van der Waals surface area contributed by atoms with Crippen LogP contribution >= 0.6 is 0 Å². The largest absolute Gasteiger partial charge is 0.494 e. The predicted molar refractivity (Wildman–Crippen MR) is 95.8 cm³/mol. The van der Waals surface area contributed by atoms with Crippen LogP contribution < -0.4 is 15.4 Å². The van der Waals surface area contributed by atoms with Gasteiger partial charge in [0.25, 0.3) is 0 Å². The molecule has 2 N–H and O–H groups in total. The summed E-state index contributed by atoms with van der Waals surface area (Å²) in [6.45, 7) is 5.81. The first-order valence-corrected chi connectivity index (χ1v) is 8.00. The Bertz CT molecular complexity index is 777. The maximum atomic E-state index is 5.48. The highest BCUT2D eigenvalue weighted by molar-refractivity contribution is 5.70. The van der Waals surface area contributed by atoms with Gasteiger partial charge in [0.1, 0.15) is 11.4 Å². The van der Waals surface area contributed by atoms with Crippen LogP contribution in [-0.4, -0.2) is 34.8 Å². The molecule has 3 rings (SSSR count). The summed E-state index contributed by atoms with van der Waals surface area (Å²) in [4.78, 5) is 4.42. The highest BCUT2D eigenvalue weighted by Crippen LogP contribution is 2.33. The van der Waals surface area contributed by atoms with Gasteiger partial charge in [-0.3, -0.25) is 4.57 Å². The number of nitrogens with zero attached hydrogens (tertiary/aromatic N) is 4. The van der Waals surface area contributed by atoms with E-state index in [0.717, 1.165) is 48.2 Å². The first-order valence-electron chi connectivity index (χ1n) is 8.00. The van der Waals surface area contributed by atoms with Crippen molar-refractivity contribution < 1.29 is 4.74 Å². The number of aliphatic imine (C=N–C) groups is 1. The summed E-state index contributed by atoms with van der Waals surface area (Å²) < 4.78 is 7.58. The van der Waals surface area contributed by atoms with Crippen LogP contribution in [0, 0.1) is 0 Å². The Morgan fingerprint density at radius 1 is 1.42 bits per heavy atom. The number of allylic oxidation sites excluding steroid dienone is 2. The van der Waals surface area contributed by atoms with Gasteiger partial charge in [0.2, 0.25) is 5.95 Å². The minimum absolute atomic E-state index is 0.699. The molecule has 0 radical (unpaired) electrons. The molecule has 1 aliphatic heterocycles. The smallest absolute Gasteiger partial charge is 0.224 e. The van der Waals surface area contributed by atoms with E-state index < -0.39 is 0 Å². The second-order valence-electron chi connectivity index (χ2n) is 5.54. The monoisotopic (exact) mass is 326 g/mol. The molecule has 0 atom stereocenters. The van der Waals surface area contributed by atoms with Crippen LogP contribution in [0.15, 0.2) is 35.0 Å². The normalized spacial score (nSPS) is 14.4. The molecule has 0 bridgehead atoms. The highest BCUT2D eigenvalue weighted by atomic mass is 16.5. The molecule has 1 aromatic carbocycles. The number of fused-ring (bicyclic) bond motifs is 1.